The van der Waals surface area contributed by atoms with Gasteiger partial charge in [0.15, 0.2) is 0 Å². The average Bonchev–Trinajstić information content (AvgIpc) is 2.71. The summed E-state index contributed by atoms with van der Waals surface area (Å²) in [4.78, 5) is 2.19. The van der Waals surface area contributed by atoms with Crippen molar-refractivity contribution in [2.24, 2.45) is 0 Å². The van der Waals surface area contributed by atoms with E-state index in [0.29, 0.717) is 13.2 Å². The third kappa shape index (κ3) is 5.11. The molecule has 0 saturated carbocycles. The lowest BCUT2D eigenvalue weighted by Crippen LogP contribution is -2.09. The maximum atomic E-state index is 12.8. The van der Waals surface area contributed by atoms with Crippen LogP contribution in [0.2, 0.25) is 0 Å². The summed E-state index contributed by atoms with van der Waals surface area (Å²) in [7, 11) is -3.11. The fourth-order valence-electron chi connectivity index (χ4n) is 3.10. The number of hydrogen-bond donors (Lipinski definition) is 0. The Bertz CT molecular complexity index is 849. The van der Waals surface area contributed by atoms with E-state index in [1.54, 1.807) is 0 Å². The van der Waals surface area contributed by atoms with Gasteiger partial charge in [0.05, 0.1) is 19.4 Å². The zero-order valence-corrected chi connectivity index (χ0v) is 17.2. The van der Waals surface area contributed by atoms with Gasteiger partial charge >= 0.3 is 7.60 Å². The van der Waals surface area contributed by atoms with Crippen LogP contribution in [0.1, 0.15) is 19.4 Å². The minimum absolute atomic E-state index is 0.269. The van der Waals surface area contributed by atoms with Crippen molar-refractivity contribution in [2.75, 3.05) is 18.1 Å². The summed E-state index contributed by atoms with van der Waals surface area (Å²) in [6, 6.07) is 28.5. The lowest BCUT2D eigenvalue weighted by atomic mass is 10.1. The Morgan fingerprint density at radius 1 is 0.679 bits per heavy atom. The molecule has 0 N–H and O–H groups in total. The van der Waals surface area contributed by atoms with Crippen molar-refractivity contribution in [1.82, 2.24) is 0 Å². The quantitative estimate of drug-likeness (QED) is 0.369. The van der Waals surface area contributed by atoms with Crippen LogP contribution in [0.4, 0.5) is 17.1 Å². The molecule has 4 nitrogen and oxygen atoms in total. The van der Waals surface area contributed by atoms with Gasteiger partial charge < -0.3 is 13.9 Å². The summed E-state index contributed by atoms with van der Waals surface area (Å²) < 4.78 is 23.6. The van der Waals surface area contributed by atoms with E-state index in [-0.39, 0.29) is 6.16 Å². The predicted molar refractivity (Wildman–Crippen MR) is 116 cm³/mol. The molecule has 3 rings (SSSR count). The van der Waals surface area contributed by atoms with Crippen molar-refractivity contribution >= 4 is 24.7 Å². The number of hydrogen-bond acceptors (Lipinski definition) is 4. The summed E-state index contributed by atoms with van der Waals surface area (Å²) in [5.41, 5.74) is 4.12. The maximum Gasteiger partial charge on any atom is 0.335 e. The zero-order chi connectivity index (χ0) is 19.8. The second kappa shape index (κ2) is 9.70. The zero-order valence-electron chi connectivity index (χ0n) is 16.3. The molecular weight excluding hydrogens is 369 g/mol. The van der Waals surface area contributed by atoms with Gasteiger partial charge in [0.25, 0.3) is 0 Å². The Balaban J connectivity index is 1.90. The van der Waals surface area contributed by atoms with Crippen molar-refractivity contribution in [3.05, 3.63) is 90.5 Å². The fraction of sp³-hybridized carbons (Fsp3) is 0.217. The Labute approximate surface area is 167 Å². The highest BCUT2D eigenvalue weighted by atomic mass is 31.2. The number of anilines is 3. The summed E-state index contributed by atoms with van der Waals surface area (Å²) in [5.74, 6) is 0. The summed E-state index contributed by atoms with van der Waals surface area (Å²) in [5, 5.41) is 0. The smallest absolute Gasteiger partial charge is 0.311 e. The lowest BCUT2D eigenvalue weighted by Gasteiger charge is -2.25. The number of nitrogens with zero attached hydrogens (tertiary/aromatic N) is 1. The summed E-state index contributed by atoms with van der Waals surface area (Å²) in [6.45, 7) is 4.38. The molecule has 3 aromatic carbocycles. The SMILES string of the molecule is CCOP(=O)(Cc1ccc(N(c2ccccc2)c2ccccc2)cc1)OCC. The Morgan fingerprint density at radius 3 is 1.54 bits per heavy atom. The molecular formula is C23H26NO3P. The van der Waals surface area contributed by atoms with Crippen LogP contribution in [0.15, 0.2) is 84.9 Å². The van der Waals surface area contributed by atoms with E-state index in [4.69, 9.17) is 9.05 Å². The highest BCUT2D eigenvalue weighted by Gasteiger charge is 2.24. The van der Waals surface area contributed by atoms with Gasteiger partial charge in [-0.15, -0.1) is 0 Å². The Morgan fingerprint density at radius 2 is 1.11 bits per heavy atom. The number of benzene rings is 3. The molecule has 5 heteroatoms. The highest BCUT2D eigenvalue weighted by molar-refractivity contribution is 7.53. The first kappa shape index (κ1) is 20.3. The summed E-state index contributed by atoms with van der Waals surface area (Å²) in [6.07, 6.45) is 0.269. The van der Waals surface area contributed by atoms with E-state index in [1.165, 1.54) is 0 Å². The molecule has 0 heterocycles. The van der Waals surface area contributed by atoms with Crippen LogP contribution in [0.5, 0.6) is 0 Å². The normalized spacial score (nSPS) is 11.4. The topological polar surface area (TPSA) is 38.8 Å². The van der Waals surface area contributed by atoms with Gasteiger partial charge in [0.1, 0.15) is 0 Å². The van der Waals surface area contributed by atoms with Gasteiger partial charge in [-0.2, -0.15) is 0 Å². The first-order valence-electron chi connectivity index (χ1n) is 9.52. The van der Waals surface area contributed by atoms with Crippen molar-refractivity contribution < 1.29 is 13.6 Å². The van der Waals surface area contributed by atoms with Crippen molar-refractivity contribution in [3.63, 3.8) is 0 Å². The average molecular weight is 395 g/mol. The van der Waals surface area contributed by atoms with Crippen molar-refractivity contribution in [3.8, 4) is 0 Å². The molecule has 146 valence electrons. The summed E-state index contributed by atoms with van der Waals surface area (Å²) >= 11 is 0. The Hall–Kier alpha value is -2.39. The van der Waals surface area contributed by atoms with Gasteiger partial charge in [-0.3, -0.25) is 4.57 Å². The third-order valence-electron chi connectivity index (χ3n) is 4.25. The minimum atomic E-state index is -3.11. The van der Waals surface area contributed by atoms with Gasteiger partial charge in [-0.05, 0) is 55.8 Å². The monoisotopic (exact) mass is 395 g/mol. The van der Waals surface area contributed by atoms with Crippen LogP contribution in [0.25, 0.3) is 0 Å². The van der Waals surface area contributed by atoms with E-state index in [0.717, 1.165) is 22.6 Å². The van der Waals surface area contributed by atoms with Gasteiger partial charge in [0, 0.05) is 17.1 Å². The van der Waals surface area contributed by atoms with Crippen molar-refractivity contribution in [1.29, 1.82) is 0 Å². The second-order valence-corrected chi connectivity index (χ2v) is 8.33. The molecule has 0 radical (unpaired) electrons. The molecule has 0 spiro atoms. The lowest BCUT2D eigenvalue weighted by molar-refractivity contribution is 0.219. The molecule has 0 bridgehead atoms. The van der Waals surface area contributed by atoms with Crippen LogP contribution in [-0.2, 0) is 19.8 Å². The molecule has 0 saturated heterocycles. The van der Waals surface area contributed by atoms with E-state index in [9.17, 15) is 4.57 Å². The predicted octanol–water partition coefficient (Wildman–Crippen LogP) is 6.92. The van der Waals surface area contributed by atoms with Gasteiger partial charge in [-0.25, -0.2) is 0 Å². The van der Waals surface area contributed by atoms with E-state index < -0.39 is 7.60 Å². The minimum Gasteiger partial charge on any atom is -0.311 e. The van der Waals surface area contributed by atoms with Crippen LogP contribution in [0, 0.1) is 0 Å². The molecule has 3 aromatic rings. The third-order valence-corrected chi connectivity index (χ3v) is 6.31. The van der Waals surface area contributed by atoms with Crippen LogP contribution >= 0.6 is 7.60 Å². The number of para-hydroxylation sites is 2. The molecule has 0 unspecified atom stereocenters. The second-order valence-electron chi connectivity index (χ2n) is 6.28. The standard InChI is InChI=1S/C23H26NO3P/c1-3-26-28(25,27-4-2)19-20-15-17-23(18-16-20)24(21-11-7-5-8-12-21)22-13-9-6-10-14-22/h5-18H,3-4,19H2,1-2H3. The van der Waals surface area contributed by atoms with Crippen molar-refractivity contribution in [2.45, 2.75) is 20.0 Å². The van der Waals surface area contributed by atoms with E-state index in [1.807, 2.05) is 74.5 Å². The molecule has 0 aliphatic rings. The van der Waals surface area contributed by atoms with Crippen LogP contribution in [-0.4, -0.2) is 13.2 Å². The van der Waals surface area contributed by atoms with E-state index >= 15 is 0 Å². The first-order chi connectivity index (χ1) is 13.6. The van der Waals surface area contributed by atoms with Crippen LogP contribution < -0.4 is 4.90 Å². The van der Waals surface area contributed by atoms with E-state index in [2.05, 4.69) is 29.2 Å². The molecule has 0 aromatic heterocycles. The largest absolute Gasteiger partial charge is 0.335 e. The van der Waals surface area contributed by atoms with Gasteiger partial charge in [0.2, 0.25) is 0 Å². The van der Waals surface area contributed by atoms with Crippen LogP contribution in [0.3, 0.4) is 0 Å². The van der Waals surface area contributed by atoms with Gasteiger partial charge in [-0.1, -0.05) is 48.5 Å². The highest BCUT2D eigenvalue weighted by Crippen LogP contribution is 2.51. The number of rotatable bonds is 9. The fourth-order valence-corrected chi connectivity index (χ4v) is 4.80. The maximum absolute atomic E-state index is 12.8. The molecule has 0 fully saturated rings. The molecule has 0 atom stereocenters. The Kier molecular flexibility index (Phi) is 7.05. The molecule has 0 aliphatic heterocycles. The first-order valence-corrected chi connectivity index (χ1v) is 11.3. The molecule has 0 aliphatic carbocycles. The molecule has 28 heavy (non-hydrogen) atoms. The molecule has 0 amide bonds.